The third-order valence-electron chi connectivity index (χ3n) is 4.31. The molecule has 1 saturated heterocycles. The van der Waals surface area contributed by atoms with E-state index in [0.717, 1.165) is 0 Å². The van der Waals surface area contributed by atoms with Crippen molar-refractivity contribution >= 4 is 42.3 Å². The van der Waals surface area contributed by atoms with E-state index in [1.165, 1.54) is 11.8 Å². The summed E-state index contributed by atoms with van der Waals surface area (Å²) >= 11 is 3.88. The maximum atomic E-state index is 12.9. The highest BCUT2D eigenvalue weighted by atomic mass is 32.1. The molecule has 4 unspecified atom stereocenters. The molecule has 4 atom stereocenters. The van der Waals surface area contributed by atoms with Crippen molar-refractivity contribution in [2.45, 2.75) is 56.8 Å². The van der Waals surface area contributed by atoms with Gasteiger partial charge in [0.1, 0.15) is 18.1 Å². The summed E-state index contributed by atoms with van der Waals surface area (Å²) < 4.78 is 0. The van der Waals surface area contributed by atoms with Crippen LogP contribution in [0, 0.1) is 0 Å². The van der Waals surface area contributed by atoms with Gasteiger partial charge >= 0.3 is 11.9 Å². The molecule has 0 bridgehead atoms. The number of nitrogens with one attached hydrogen (secondary N) is 2. The van der Waals surface area contributed by atoms with Gasteiger partial charge in [-0.2, -0.15) is 12.6 Å². The second-order valence-electron chi connectivity index (χ2n) is 6.55. The molecule has 0 spiro atoms. The van der Waals surface area contributed by atoms with E-state index in [4.69, 9.17) is 15.9 Å². The van der Waals surface area contributed by atoms with Crippen LogP contribution in [0.1, 0.15) is 32.6 Å². The molecule has 0 radical (unpaired) electrons. The molecule has 1 aliphatic rings. The van der Waals surface area contributed by atoms with Gasteiger partial charge in [0, 0.05) is 18.7 Å². The standard InChI is InChI=1S/C16H26N4O7S/c1-8(17)13(23)18-9(4-5-12(21)22)15(25)20-6-2-3-11(20)14(24)19-10(7-28)16(26)27/h8-11,28H,2-7,17H2,1H3,(H,18,23)(H,19,24)(H,21,22)(H,26,27). The van der Waals surface area contributed by atoms with Crippen LogP contribution in [-0.4, -0.2) is 81.2 Å². The third kappa shape index (κ3) is 6.68. The fourth-order valence-electron chi connectivity index (χ4n) is 2.78. The molecule has 11 nitrogen and oxygen atoms in total. The van der Waals surface area contributed by atoms with Crippen LogP contribution < -0.4 is 16.4 Å². The Labute approximate surface area is 167 Å². The van der Waals surface area contributed by atoms with Crippen LogP contribution in [0.15, 0.2) is 0 Å². The van der Waals surface area contributed by atoms with Crippen molar-refractivity contribution in [1.29, 1.82) is 0 Å². The molecule has 158 valence electrons. The van der Waals surface area contributed by atoms with Crippen molar-refractivity contribution in [1.82, 2.24) is 15.5 Å². The summed E-state index contributed by atoms with van der Waals surface area (Å²) in [6.45, 7) is 1.65. The SMILES string of the molecule is CC(N)C(=O)NC(CCC(=O)O)C(=O)N1CCCC1C(=O)NC(CS)C(=O)O. The molecule has 0 aromatic rings. The van der Waals surface area contributed by atoms with E-state index in [0.29, 0.717) is 12.8 Å². The van der Waals surface area contributed by atoms with Gasteiger partial charge in [0.25, 0.3) is 0 Å². The number of carboxylic acid groups (broad SMARTS) is 2. The van der Waals surface area contributed by atoms with Crippen LogP contribution in [-0.2, 0) is 24.0 Å². The van der Waals surface area contributed by atoms with Crippen LogP contribution in [0.2, 0.25) is 0 Å². The molecule has 0 aliphatic carbocycles. The highest BCUT2D eigenvalue weighted by Gasteiger charge is 2.38. The molecular formula is C16H26N4O7S. The summed E-state index contributed by atoms with van der Waals surface area (Å²) in [6.07, 6.45) is 0.311. The number of rotatable bonds is 10. The maximum absolute atomic E-state index is 12.9. The van der Waals surface area contributed by atoms with Crippen molar-refractivity contribution in [2.75, 3.05) is 12.3 Å². The van der Waals surface area contributed by atoms with E-state index < -0.39 is 53.8 Å². The van der Waals surface area contributed by atoms with Gasteiger partial charge in [-0.15, -0.1) is 0 Å². The first kappa shape index (κ1) is 23.7. The zero-order chi connectivity index (χ0) is 21.4. The van der Waals surface area contributed by atoms with Crippen LogP contribution in [0.4, 0.5) is 0 Å². The van der Waals surface area contributed by atoms with Crippen LogP contribution in [0.5, 0.6) is 0 Å². The van der Waals surface area contributed by atoms with Crippen molar-refractivity contribution in [2.24, 2.45) is 5.73 Å². The maximum Gasteiger partial charge on any atom is 0.327 e. The zero-order valence-electron chi connectivity index (χ0n) is 15.5. The van der Waals surface area contributed by atoms with Gasteiger partial charge in [0.2, 0.25) is 17.7 Å². The molecule has 0 saturated carbocycles. The Morgan fingerprint density at radius 1 is 1.18 bits per heavy atom. The number of nitrogens with zero attached hydrogens (tertiary/aromatic N) is 1. The first-order chi connectivity index (χ1) is 13.1. The fourth-order valence-corrected chi connectivity index (χ4v) is 3.03. The van der Waals surface area contributed by atoms with Gasteiger partial charge in [0.15, 0.2) is 0 Å². The summed E-state index contributed by atoms with van der Waals surface area (Å²) in [5.41, 5.74) is 5.49. The summed E-state index contributed by atoms with van der Waals surface area (Å²) in [7, 11) is 0. The molecule has 0 aromatic heterocycles. The van der Waals surface area contributed by atoms with Crippen molar-refractivity contribution in [3.63, 3.8) is 0 Å². The Balaban J connectivity index is 2.92. The molecule has 28 heavy (non-hydrogen) atoms. The van der Waals surface area contributed by atoms with Gasteiger partial charge in [-0.3, -0.25) is 19.2 Å². The molecular weight excluding hydrogens is 392 g/mol. The zero-order valence-corrected chi connectivity index (χ0v) is 16.4. The minimum atomic E-state index is -1.25. The summed E-state index contributed by atoms with van der Waals surface area (Å²) in [5.74, 6) is -4.37. The molecule has 12 heteroatoms. The number of aliphatic carboxylic acids is 2. The van der Waals surface area contributed by atoms with E-state index in [9.17, 15) is 24.0 Å². The number of carbonyl (C=O) groups is 5. The van der Waals surface area contributed by atoms with Gasteiger partial charge in [-0.25, -0.2) is 4.79 Å². The smallest absolute Gasteiger partial charge is 0.327 e. The predicted octanol–water partition coefficient (Wildman–Crippen LogP) is -1.83. The molecule has 1 aliphatic heterocycles. The molecule has 6 N–H and O–H groups in total. The highest BCUT2D eigenvalue weighted by molar-refractivity contribution is 7.80. The molecule has 1 heterocycles. The normalized spacial score (nSPS) is 19.4. The summed E-state index contributed by atoms with van der Waals surface area (Å²) in [6, 6.07) is -4.16. The van der Waals surface area contributed by atoms with Crippen LogP contribution >= 0.6 is 12.6 Å². The largest absolute Gasteiger partial charge is 0.481 e. The number of nitrogens with two attached hydrogens (primary N) is 1. The number of hydrogen-bond acceptors (Lipinski definition) is 7. The minimum Gasteiger partial charge on any atom is -0.481 e. The second-order valence-corrected chi connectivity index (χ2v) is 6.92. The average Bonchev–Trinajstić information content (AvgIpc) is 3.11. The fraction of sp³-hybridized carbons (Fsp3) is 0.688. The lowest BCUT2D eigenvalue weighted by molar-refractivity contribution is -0.144. The summed E-state index contributed by atoms with van der Waals surface area (Å²) in [4.78, 5) is 60.4. The van der Waals surface area contributed by atoms with Gasteiger partial charge in [0.05, 0.1) is 6.04 Å². The monoisotopic (exact) mass is 418 g/mol. The topological polar surface area (TPSA) is 179 Å². The molecule has 3 amide bonds. The van der Waals surface area contributed by atoms with Crippen LogP contribution in [0.25, 0.3) is 0 Å². The average molecular weight is 418 g/mol. The van der Waals surface area contributed by atoms with Crippen molar-refractivity contribution in [3.05, 3.63) is 0 Å². The number of hydrogen-bond donors (Lipinski definition) is 6. The molecule has 1 fully saturated rings. The Morgan fingerprint density at radius 3 is 2.32 bits per heavy atom. The third-order valence-corrected chi connectivity index (χ3v) is 4.68. The first-order valence-corrected chi connectivity index (χ1v) is 9.44. The van der Waals surface area contributed by atoms with Gasteiger partial charge < -0.3 is 31.5 Å². The lowest BCUT2D eigenvalue weighted by Crippen LogP contribution is -2.56. The highest BCUT2D eigenvalue weighted by Crippen LogP contribution is 2.20. The van der Waals surface area contributed by atoms with Crippen molar-refractivity contribution < 1.29 is 34.2 Å². The van der Waals surface area contributed by atoms with E-state index in [1.54, 1.807) is 0 Å². The Bertz CT molecular complexity index is 628. The van der Waals surface area contributed by atoms with E-state index in [2.05, 4.69) is 23.3 Å². The number of carboxylic acids is 2. The van der Waals surface area contributed by atoms with Gasteiger partial charge in [-0.1, -0.05) is 0 Å². The predicted molar refractivity (Wildman–Crippen MR) is 101 cm³/mol. The lowest BCUT2D eigenvalue weighted by Gasteiger charge is -2.29. The van der Waals surface area contributed by atoms with E-state index in [-0.39, 0.29) is 25.1 Å². The Morgan fingerprint density at radius 2 is 1.82 bits per heavy atom. The molecule has 1 rings (SSSR count). The van der Waals surface area contributed by atoms with Crippen LogP contribution in [0.3, 0.4) is 0 Å². The Kier molecular flexibility index (Phi) is 9.19. The molecule has 0 aromatic carbocycles. The minimum absolute atomic E-state index is 0.118. The summed E-state index contributed by atoms with van der Waals surface area (Å²) in [5, 5.41) is 22.7. The van der Waals surface area contributed by atoms with E-state index in [1.807, 2.05) is 0 Å². The van der Waals surface area contributed by atoms with Crippen molar-refractivity contribution in [3.8, 4) is 0 Å². The number of thiol groups is 1. The number of amides is 3. The lowest BCUT2D eigenvalue weighted by atomic mass is 10.1. The Hall–Kier alpha value is -2.34. The first-order valence-electron chi connectivity index (χ1n) is 8.80. The van der Waals surface area contributed by atoms with Gasteiger partial charge in [-0.05, 0) is 26.2 Å². The number of carbonyl (C=O) groups excluding carboxylic acids is 3. The second kappa shape index (κ2) is 10.9. The quantitative estimate of drug-likeness (QED) is 0.224. The number of likely N-dealkylation sites (tertiary alicyclic amines) is 1. The van der Waals surface area contributed by atoms with E-state index >= 15 is 0 Å².